The predicted octanol–water partition coefficient (Wildman–Crippen LogP) is 4.99. The quantitative estimate of drug-likeness (QED) is 0.306. The van der Waals surface area contributed by atoms with E-state index < -0.39 is 4.46 Å². The van der Waals surface area contributed by atoms with Crippen molar-refractivity contribution in [2.75, 3.05) is 0 Å². The second-order valence-corrected chi connectivity index (χ2v) is 5.88. The zero-order valence-corrected chi connectivity index (χ0v) is 11.5. The van der Waals surface area contributed by atoms with Crippen LogP contribution in [0.3, 0.4) is 0 Å². The van der Waals surface area contributed by atoms with Gasteiger partial charge in [-0.1, -0.05) is 69.6 Å². The van der Waals surface area contributed by atoms with Crippen molar-refractivity contribution >= 4 is 69.6 Å². The van der Waals surface area contributed by atoms with E-state index in [2.05, 4.69) is 5.32 Å². The first-order valence-electron chi connectivity index (χ1n) is 3.84. The molecular formula is C8H3Cl6N. The largest absolute Gasteiger partial charge is 0.278 e. The highest BCUT2D eigenvalue weighted by Crippen LogP contribution is 2.50. The molecule has 0 atom stereocenters. The van der Waals surface area contributed by atoms with Crippen LogP contribution in [0.5, 0.6) is 0 Å². The van der Waals surface area contributed by atoms with E-state index in [-0.39, 0.29) is 15.1 Å². The predicted molar refractivity (Wildman–Crippen MR) is 66.7 cm³/mol. The van der Waals surface area contributed by atoms with Crippen molar-refractivity contribution in [3.63, 3.8) is 0 Å². The zero-order valence-electron chi connectivity index (χ0n) is 6.97. The van der Waals surface area contributed by atoms with Gasteiger partial charge in [-0.05, 0) is 5.56 Å². The maximum Gasteiger partial charge on any atom is 0.196 e. The summed E-state index contributed by atoms with van der Waals surface area (Å²) in [4.78, 5) is 0. The molecule has 0 amide bonds. The molecule has 1 aliphatic heterocycles. The van der Waals surface area contributed by atoms with Crippen LogP contribution in [0.1, 0.15) is 11.1 Å². The van der Waals surface area contributed by atoms with Gasteiger partial charge in [0.05, 0.1) is 20.1 Å². The van der Waals surface area contributed by atoms with Crippen molar-refractivity contribution in [1.29, 1.82) is 0 Å². The molecule has 0 aliphatic carbocycles. The van der Waals surface area contributed by atoms with E-state index >= 15 is 0 Å². The fraction of sp³-hybridized carbons (Fsp3) is 0.250. The van der Waals surface area contributed by atoms with Crippen molar-refractivity contribution in [3.05, 3.63) is 31.2 Å². The van der Waals surface area contributed by atoms with Crippen LogP contribution in [0.2, 0.25) is 20.1 Å². The third-order valence-corrected chi connectivity index (χ3v) is 4.65. The van der Waals surface area contributed by atoms with E-state index in [1.165, 1.54) is 0 Å². The molecule has 82 valence electrons. The van der Waals surface area contributed by atoms with Gasteiger partial charge in [-0.2, -0.15) is 0 Å². The highest BCUT2D eigenvalue weighted by Gasteiger charge is 2.39. The number of alkyl halides is 2. The Bertz CT molecular complexity index is 441. The number of hydrogen-bond acceptors (Lipinski definition) is 1. The molecule has 1 aromatic carbocycles. The Labute approximate surface area is 117 Å². The van der Waals surface area contributed by atoms with E-state index in [1.54, 1.807) is 0 Å². The minimum absolute atomic E-state index is 0.163. The maximum atomic E-state index is 6.02. The Morgan fingerprint density at radius 3 is 2.00 bits per heavy atom. The molecular weight excluding hydrogens is 323 g/mol. The molecule has 0 radical (unpaired) electrons. The van der Waals surface area contributed by atoms with Gasteiger partial charge in [0.25, 0.3) is 0 Å². The Hall–Kier alpha value is 0.920. The summed E-state index contributed by atoms with van der Waals surface area (Å²) in [7, 11) is 0. The molecule has 1 N–H and O–H groups in total. The third kappa shape index (κ3) is 1.83. The first-order chi connectivity index (χ1) is 6.86. The van der Waals surface area contributed by atoms with Crippen LogP contribution >= 0.6 is 69.6 Å². The standard InChI is InChI=1S/C8H3Cl6N/c9-4-2-1-15-8(13,14)3(2)5(10)7(12)6(4)11/h15H,1H2. The van der Waals surface area contributed by atoms with E-state index in [9.17, 15) is 0 Å². The minimum Gasteiger partial charge on any atom is -0.278 e. The first-order valence-corrected chi connectivity index (χ1v) is 6.11. The number of fused-ring (bicyclic) bond motifs is 1. The highest BCUT2D eigenvalue weighted by molar-refractivity contribution is 6.54. The maximum absolute atomic E-state index is 6.02. The van der Waals surface area contributed by atoms with E-state index in [4.69, 9.17) is 69.6 Å². The summed E-state index contributed by atoms with van der Waals surface area (Å²) in [5.74, 6) is 0. The summed E-state index contributed by atoms with van der Waals surface area (Å²) in [5, 5.41) is 3.79. The number of rotatable bonds is 0. The van der Waals surface area contributed by atoms with Crippen molar-refractivity contribution in [3.8, 4) is 0 Å². The zero-order chi connectivity index (χ0) is 11.4. The molecule has 0 saturated carbocycles. The average molecular weight is 326 g/mol. The molecule has 15 heavy (non-hydrogen) atoms. The monoisotopic (exact) mass is 323 g/mol. The number of halogens is 6. The summed E-state index contributed by atoms with van der Waals surface area (Å²) in [5.41, 5.74) is 1.16. The summed E-state index contributed by atoms with van der Waals surface area (Å²) in [6.07, 6.45) is 0. The van der Waals surface area contributed by atoms with Crippen LogP contribution < -0.4 is 5.32 Å². The SMILES string of the molecule is Clc1c(Cl)c(Cl)c2c(c1Cl)CNC2(Cl)Cl. The lowest BCUT2D eigenvalue weighted by molar-refractivity contribution is 0.682. The van der Waals surface area contributed by atoms with Gasteiger partial charge < -0.3 is 0 Å². The fourth-order valence-corrected chi connectivity index (χ4v) is 3.21. The molecule has 0 saturated heterocycles. The van der Waals surface area contributed by atoms with Gasteiger partial charge >= 0.3 is 0 Å². The van der Waals surface area contributed by atoms with E-state index in [0.29, 0.717) is 22.7 Å². The Morgan fingerprint density at radius 1 is 0.867 bits per heavy atom. The second-order valence-electron chi connectivity index (χ2n) is 3.04. The van der Waals surface area contributed by atoms with Crippen LogP contribution in [0, 0.1) is 0 Å². The van der Waals surface area contributed by atoms with Crippen LogP contribution in [0.25, 0.3) is 0 Å². The Kier molecular flexibility index (Phi) is 3.29. The second kappa shape index (κ2) is 3.99. The molecule has 0 unspecified atom stereocenters. The molecule has 1 nitrogen and oxygen atoms in total. The van der Waals surface area contributed by atoms with Gasteiger partial charge in [0.1, 0.15) is 0 Å². The van der Waals surface area contributed by atoms with Crippen molar-refractivity contribution in [2.24, 2.45) is 0 Å². The normalized spacial score (nSPS) is 18.0. The third-order valence-electron chi connectivity index (χ3n) is 2.17. The van der Waals surface area contributed by atoms with Crippen molar-refractivity contribution in [1.82, 2.24) is 5.32 Å². The number of benzene rings is 1. The first kappa shape index (κ1) is 12.4. The van der Waals surface area contributed by atoms with Gasteiger partial charge in [0.2, 0.25) is 0 Å². The molecule has 0 aromatic heterocycles. The fourth-order valence-electron chi connectivity index (χ4n) is 1.46. The summed E-state index contributed by atoms with van der Waals surface area (Å²) >= 11 is 35.8. The number of nitrogens with one attached hydrogen (secondary N) is 1. The van der Waals surface area contributed by atoms with Crippen LogP contribution in [0.15, 0.2) is 0 Å². The molecule has 0 spiro atoms. The topological polar surface area (TPSA) is 12.0 Å². The lowest BCUT2D eigenvalue weighted by Crippen LogP contribution is -2.23. The molecule has 1 aromatic rings. The molecule has 0 bridgehead atoms. The molecule has 0 fully saturated rings. The van der Waals surface area contributed by atoms with Gasteiger partial charge in [0, 0.05) is 12.1 Å². The molecule has 1 heterocycles. The summed E-state index contributed by atoms with van der Waals surface area (Å²) in [6.45, 7) is 0.401. The van der Waals surface area contributed by atoms with Crippen LogP contribution in [0.4, 0.5) is 0 Å². The molecule has 2 rings (SSSR count). The van der Waals surface area contributed by atoms with Crippen molar-refractivity contribution in [2.45, 2.75) is 11.0 Å². The summed E-state index contributed by atoms with van der Waals surface area (Å²) < 4.78 is -1.27. The lowest BCUT2D eigenvalue weighted by atomic mass is 10.1. The number of hydrogen-bond donors (Lipinski definition) is 1. The van der Waals surface area contributed by atoms with Crippen LogP contribution in [-0.2, 0) is 11.0 Å². The highest BCUT2D eigenvalue weighted by atomic mass is 35.5. The van der Waals surface area contributed by atoms with Gasteiger partial charge in [-0.3, -0.25) is 5.32 Å². The lowest BCUT2D eigenvalue weighted by Gasteiger charge is -2.16. The van der Waals surface area contributed by atoms with E-state index in [0.717, 1.165) is 0 Å². The van der Waals surface area contributed by atoms with Gasteiger partial charge in [-0.25, -0.2) is 0 Å². The average Bonchev–Trinajstić information content (AvgIpc) is 2.48. The summed E-state index contributed by atoms with van der Waals surface area (Å²) in [6, 6.07) is 0. The minimum atomic E-state index is -1.27. The van der Waals surface area contributed by atoms with Gasteiger partial charge in [-0.15, -0.1) is 0 Å². The smallest absolute Gasteiger partial charge is 0.196 e. The van der Waals surface area contributed by atoms with Crippen molar-refractivity contribution < 1.29 is 0 Å². The Morgan fingerprint density at radius 2 is 1.40 bits per heavy atom. The molecule has 7 heteroatoms. The van der Waals surface area contributed by atoms with E-state index in [1.807, 2.05) is 0 Å². The van der Waals surface area contributed by atoms with Crippen LogP contribution in [-0.4, -0.2) is 0 Å². The Balaban J connectivity index is 2.82. The van der Waals surface area contributed by atoms with Gasteiger partial charge in [0.15, 0.2) is 4.46 Å². The molecule has 1 aliphatic rings.